The second-order valence-corrected chi connectivity index (χ2v) is 18.9. The van der Waals surface area contributed by atoms with E-state index in [9.17, 15) is 27.6 Å². The van der Waals surface area contributed by atoms with Crippen LogP contribution in [-0.4, -0.2) is 87.1 Å². The first kappa shape index (κ1) is 38.7. The zero-order chi connectivity index (χ0) is 37.5. The van der Waals surface area contributed by atoms with Gasteiger partial charge in [-0.25, -0.2) is 13.2 Å². The Kier molecular flexibility index (Phi) is 11.0. The molecule has 15 heteroatoms. The summed E-state index contributed by atoms with van der Waals surface area (Å²) >= 11 is 0. The Labute approximate surface area is 302 Å². The Balaban J connectivity index is 1.46. The number of carbonyl (C=O) groups is 4. The molecule has 1 aromatic heterocycles. The molecule has 0 radical (unpaired) electrons. The number of hydrogen-bond acceptors (Lipinski definition) is 9. The van der Waals surface area contributed by atoms with Gasteiger partial charge in [-0.2, -0.15) is 15.0 Å². The number of alkyl carbamates (subject to hydrolysis) is 1. The van der Waals surface area contributed by atoms with E-state index < -0.39 is 79.7 Å². The Morgan fingerprint density at radius 1 is 1.04 bits per heavy atom. The van der Waals surface area contributed by atoms with E-state index in [4.69, 9.17) is 14.9 Å². The standard InChI is InChI=1S/C36H57N7O7S/c1-9-14-26-28(22-15-12-11-13-16-22)40-43(39-26)24-19-27(42(21-24)31(45)29(34(3,4)5)37-33(47)50-35(6,7)8)30(44)38-36(20-23(36)10-2)32(46)41-51(48,49)25-17-18-25/h10,22-25,27,29H,2,9,11-21H2,1,3-8H3,(H,37,47)(H,38,44)(H,41,46)/t23?,24-,27+,29-,36?/m1/s1. The molecule has 2 heterocycles. The lowest BCUT2D eigenvalue weighted by atomic mass is 9.85. The van der Waals surface area contributed by atoms with E-state index >= 15 is 0 Å². The van der Waals surface area contributed by atoms with Crippen LogP contribution in [0.2, 0.25) is 0 Å². The number of nitrogens with one attached hydrogen (secondary N) is 3. The van der Waals surface area contributed by atoms with Gasteiger partial charge in [0.05, 0.1) is 22.7 Å². The Bertz CT molecular complexity index is 1620. The number of hydrogen-bond donors (Lipinski definition) is 3. The fourth-order valence-electron chi connectivity index (χ4n) is 7.37. The van der Waals surface area contributed by atoms with E-state index in [0.29, 0.717) is 18.8 Å². The van der Waals surface area contributed by atoms with Crippen LogP contribution in [0.25, 0.3) is 0 Å². The lowest BCUT2D eigenvalue weighted by Crippen LogP contribution is -2.60. The molecule has 5 rings (SSSR count). The van der Waals surface area contributed by atoms with Crippen LogP contribution in [0.1, 0.15) is 136 Å². The van der Waals surface area contributed by atoms with Crippen LogP contribution in [0.3, 0.4) is 0 Å². The summed E-state index contributed by atoms with van der Waals surface area (Å²) in [6.45, 7) is 16.6. The van der Waals surface area contributed by atoms with E-state index in [-0.39, 0.29) is 19.4 Å². The van der Waals surface area contributed by atoms with Crippen molar-refractivity contribution < 1.29 is 32.3 Å². The van der Waals surface area contributed by atoms with Crippen molar-refractivity contribution >= 4 is 33.8 Å². The number of aryl methyl sites for hydroxylation is 1. The quantitative estimate of drug-likeness (QED) is 0.268. The molecule has 3 N–H and O–H groups in total. The molecule has 51 heavy (non-hydrogen) atoms. The van der Waals surface area contributed by atoms with Gasteiger partial charge in [0, 0.05) is 24.8 Å². The summed E-state index contributed by atoms with van der Waals surface area (Å²) in [5.74, 6) is -2.08. The minimum Gasteiger partial charge on any atom is -0.444 e. The molecule has 0 spiro atoms. The number of amides is 4. The molecule has 14 nitrogen and oxygen atoms in total. The minimum absolute atomic E-state index is 0.0873. The predicted octanol–water partition coefficient (Wildman–Crippen LogP) is 4.03. The summed E-state index contributed by atoms with van der Waals surface area (Å²) in [6.07, 6.45) is 9.28. The highest BCUT2D eigenvalue weighted by molar-refractivity contribution is 7.91. The van der Waals surface area contributed by atoms with Crippen LogP contribution < -0.4 is 15.4 Å². The molecular formula is C36H57N7O7S. The van der Waals surface area contributed by atoms with Gasteiger partial charge < -0.3 is 20.3 Å². The van der Waals surface area contributed by atoms with E-state index in [1.807, 2.05) is 20.8 Å². The molecule has 1 aromatic rings. The first-order valence-corrected chi connectivity index (χ1v) is 20.1. The van der Waals surface area contributed by atoms with Crippen LogP contribution >= 0.6 is 0 Å². The van der Waals surface area contributed by atoms with Gasteiger partial charge in [-0.15, -0.1) is 6.58 Å². The molecule has 3 saturated carbocycles. The van der Waals surface area contributed by atoms with Gasteiger partial charge in [-0.1, -0.05) is 59.5 Å². The average Bonchev–Trinajstić information content (AvgIpc) is 3.93. The third kappa shape index (κ3) is 8.77. The maximum atomic E-state index is 14.6. The number of nitrogens with zero attached hydrogens (tertiary/aromatic N) is 4. The fourth-order valence-corrected chi connectivity index (χ4v) is 8.73. The topological polar surface area (TPSA) is 182 Å². The smallest absolute Gasteiger partial charge is 0.408 e. The lowest BCUT2D eigenvalue weighted by molar-refractivity contribution is -0.143. The van der Waals surface area contributed by atoms with Crippen molar-refractivity contribution in [1.29, 1.82) is 0 Å². The maximum Gasteiger partial charge on any atom is 0.408 e. The monoisotopic (exact) mass is 731 g/mol. The molecule has 1 aliphatic heterocycles. The summed E-state index contributed by atoms with van der Waals surface area (Å²) in [5.41, 5.74) is -1.17. The summed E-state index contributed by atoms with van der Waals surface area (Å²) in [5, 5.41) is 14.9. The van der Waals surface area contributed by atoms with Crippen molar-refractivity contribution in [3.63, 3.8) is 0 Å². The van der Waals surface area contributed by atoms with Crippen LogP contribution in [0.4, 0.5) is 4.79 Å². The van der Waals surface area contributed by atoms with Crippen molar-refractivity contribution in [1.82, 2.24) is 35.2 Å². The Hall–Kier alpha value is -3.49. The first-order valence-electron chi connectivity index (χ1n) is 18.6. The molecule has 284 valence electrons. The normalized spacial score (nSPS) is 26.3. The molecular weight excluding hydrogens is 675 g/mol. The molecule has 2 unspecified atom stereocenters. The third-order valence-corrected chi connectivity index (χ3v) is 12.2. The number of carbonyl (C=O) groups excluding carboxylic acids is 4. The largest absolute Gasteiger partial charge is 0.444 e. The minimum atomic E-state index is -3.87. The van der Waals surface area contributed by atoms with Crippen LogP contribution in [0.15, 0.2) is 12.7 Å². The number of ether oxygens (including phenoxy) is 1. The van der Waals surface area contributed by atoms with Gasteiger partial charge in [0.1, 0.15) is 23.2 Å². The Morgan fingerprint density at radius 2 is 1.71 bits per heavy atom. The van der Waals surface area contributed by atoms with Gasteiger partial charge in [0.25, 0.3) is 5.91 Å². The molecule has 4 aliphatic rings. The highest BCUT2D eigenvalue weighted by Crippen LogP contribution is 2.46. The van der Waals surface area contributed by atoms with Gasteiger partial charge in [0.2, 0.25) is 21.8 Å². The molecule has 0 aromatic carbocycles. The third-order valence-electron chi connectivity index (χ3n) is 10.4. The summed E-state index contributed by atoms with van der Waals surface area (Å²) in [6, 6.07) is -2.60. The van der Waals surface area contributed by atoms with Crippen LogP contribution in [0, 0.1) is 11.3 Å². The second kappa shape index (κ2) is 14.5. The molecule has 0 bridgehead atoms. The van der Waals surface area contributed by atoms with Crippen molar-refractivity contribution in [2.75, 3.05) is 6.54 Å². The van der Waals surface area contributed by atoms with Crippen LogP contribution in [-0.2, 0) is 35.6 Å². The summed E-state index contributed by atoms with van der Waals surface area (Å²) < 4.78 is 33.1. The van der Waals surface area contributed by atoms with Gasteiger partial charge in [-0.05, 0) is 64.7 Å². The molecule has 4 fully saturated rings. The zero-order valence-electron chi connectivity index (χ0n) is 31.3. The van der Waals surface area contributed by atoms with Crippen molar-refractivity contribution in [2.45, 2.75) is 160 Å². The van der Waals surface area contributed by atoms with E-state index in [1.165, 1.54) is 17.4 Å². The number of rotatable bonds is 12. The van der Waals surface area contributed by atoms with Gasteiger partial charge >= 0.3 is 6.09 Å². The van der Waals surface area contributed by atoms with E-state index in [1.54, 1.807) is 25.6 Å². The second-order valence-electron chi connectivity index (χ2n) is 17.0. The number of sulfonamides is 1. The lowest BCUT2D eigenvalue weighted by Gasteiger charge is -2.36. The SMILES string of the molecule is C=CC1CC1(NC(=O)[C@@H]1C[C@@H](n2nc(CCC)c(C3CCCCC3)n2)CN1C(=O)[C@@H](NC(=O)OC(C)(C)C)C(C)(C)C)C(=O)NS(=O)(=O)C1CC1. The molecule has 1 saturated heterocycles. The van der Waals surface area contributed by atoms with E-state index in [2.05, 4.69) is 28.9 Å². The summed E-state index contributed by atoms with van der Waals surface area (Å²) in [7, 11) is -3.87. The highest BCUT2D eigenvalue weighted by Gasteiger charge is 2.62. The highest BCUT2D eigenvalue weighted by atomic mass is 32.2. The first-order chi connectivity index (χ1) is 23.8. The fraction of sp³-hybridized carbons (Fsp3) is 0.778. The predicted molar refractivity (Wildman–Crippen MR) is 191 cm³/mol. The van der Waals surface area contributed by atoms with Crippen molar-refractivity contribution in [3.05, 3.63) is 24.0 Å². The molecule has 4 amide bonds. The van der Waals surface area contributed by atoms with Crippen molar-refractivity contribution in [2.24, 2.45) is 11.3 Å². The Morgan fingerprint density at radius 3 is 2.25 bits per heavy atom. The van der Waals surface area contributed by atoms with Gasteiger partial charge in [-0.3, -0.25) is 19.1 Å². The number of likely N-dealkylation sites (tertiary alicyclic amines) is 1. The van der Waals surface area contributed by atoms with Gasteiger partial charge in [0.15, 0.2) is 0 Å². The van der Waals surface area contributed by atoms with E-state index in [0.717, 1.165) is 49.9 Å². The molecule has 5 atom stereocenters. The molecule has 3 aliphatic carbocycles. The maximum absolute atomic E-state index is 14.6. The van der Waals surface area contributed by atoms with Crippen LogP contribution in [0.5, 0.6) is 0 Å². The van der Waals surface area contributed by atoms with Crippen molar-refractivity contribution in [3.8, 4) is 0 Å². The average molecular weight is 732 g/mol. The number of aromatic nitrogens is 3. The summed E-state index contributed by atoms with van der Waals surface area (Å²) in [4.78, 5) is 58.5. The zero-order valence-corrected chi connectivity index (χ0v) is 32.1.